The molecule has 2 aromatic carbocycles. The highest BCUT2D eigenvalue weighted by Gasteiger charge is 2.30. The van der Waals surface area contributed by atoms with Gasteiger partial charge in [0, 0.05) is 12.2 Å². The average Bonchev–Trinajstić information content (AvgIpc) is 2.43. The molecule has 0 aromatic heterocycles. The van der Waals surface area contributed by atoms with Crippen LogP contribution in [0.2, 0.25) is 0 Å². The number of halogens is 3. The number of primary sulfonamides is 1. The highest BCUT2D eigenvalue weighted by atomic mass is 32.2. The first kappa shape index (κ1) is 17.3. The lowest BCUT2D eigenvalue weighted by Crippen LogP contribution is -2.13. The quantitative estimate of drug-likeness (QED) is 0.894. The predicted octanol–water partition coefficient (Wildman–Crippen LogP) is 3.27. The molecule has 0 saturated carbocycles. The molecule has 0 aliphatic rings. The van der Waals surface area contributed by atoms with Gasteiger partial charge in [-0.2, -0.15) is 13.2 Å². The van der Waals surface area contributed by atoms with Crippen LogP contribution >= 0.6 is 0 Å². The summed E-state index contributed by atoms with van der Waals surface area (Å²) in [7, 11) is -3.79. The Bertz CT molecular complexity index is 818. The maximum atomic E-state index is 12.7. The molecule has 2 rings (SSSR count). The van der Waals surface area contributed by atoms with Gasteiger partial charge < -0.3 is 5.32 Å². The van der Waals surface area contributed by atoms with Crippen molar-refractivity contribution in [1.82, 2.24) is 0 Å². The highest BCUT2D eigenvalue weighted by Crippen LogP contribution is 2.29. The molecule has 0 heterocycles. The Labute approximate surface area is 132 Å². The van der Waals surface area contributed by atoms with Crippen molar-refractivity contribution in [2.24, 2.45) is 5.14 Å². The number of benzene rings is 2. The third-order valence-corrected chi connectivity index (χ3v) is 4.30. The fraction of sp³-hybridized carbons (Fsp3) is 0.200. The fourth-order valence-electron chi connectivity index (χ4n) is 2.14. The van der Waals surface area contributed by atoms with Crippen molar-refractivity contribution in [2.75, 3.05) is 5.32 Å². The van der Waals surface area contributed by atoms with Gasteiger partial charge in [-0.15, -0.1) is 0 Å². The van der Waals surface area contributed by atoms with E-state index < -0.39 is 21.8 Å². The second-order valence-corrected chi connectivity index (χ2v) is 6.61. The van der Waals surface area contributed by atoms with E-state index in [4.69, 9.17) is 5.14 Å². The van der Waals surface area contributed by atoms with Crippen LogP contribution in [0.25, 0.3) is 0 Å². The van der Waals surface area contributed by atoms with Crippen LogP contribution in [-0.2, 0) is 22.7 Å². The van der Waals surface area contributed by atoms with Crippen LogP contribution in [0.15, 0.2) is 47.4 Å². The Morgan fingerprint density at radius 1 is 1.13 bits per heavy atom. The van der Waals surface area contributed by atoms with Gasteiger partial charge in [-0.05, 0) is 48.4 Å². The smallest absolute Gasteiger partial charge is 0.381 e. The Kier molecular flexibility index (Phi) is 4.67. The van der Waals surface area contributed by atoms with Crippen LogP contribution in [-0.4, -0.2) is 8.42 Å². The van der Waals surface area contributed by atoms with E-state index in [0.717, 1.165) is 12.1 Å². The van der Waals surface area contributed by atoms with E-state index in [9.17, 15) is 21.6 Å². The van der Waals surface area contributed by atoms with Crippen LogP contribution in [0.1, 0.15) is 16.7 Å². The fourth-order valence-corrected chi connectivity index (χ4v) is 2.91. The number of hydrogen-bond donors (Lipinski definition) is 2. The second-order valence-electron chi connectivity index (χ2n) is 5.08. The van der Waals surface area contributed by atoms with E-state index in [1.54, 1.807) is 19.1 Å². The number of alkyl halides is 3. The van der Waals surface area contributed by atoms with Gasteiger partial charge in [0.2, 0.25) is 10.0 Å². The molecule has 3 N–H and O–H groups in total. The zero-order valence-corrected chi connectivity index (χ0v) is 13.0. The first-order valence-electron chi connectivity index (χ1n) is 6.61. The molecular weight excluding hydrogens is 329 g/mol. The van der Waals surface area contributed by atoms with Gasteiger partial charge >= 0.3 is 6.18 Å². The Hall–Kier alpha value is -2.06. The number of rotatable bonds is 4. The first-order chi connectivity index (χ1) is 10.6. The number of anilines is 1. The molecule has 0 unspecified atom stereocenters. The molecule has 124 valence electrons. The van der Waals surface area contributed by atoms with Crippen molar-refractivity contribution in [1.29, 1.82) is 0 Å². The van der Waals surface area contributed by atoms with Crippen LogP contribution in [0, 0.1) is 6.92 Å². The zero-order chi connectivity index (χ0) is 17.3. The number of hydrogen-bond acceptors (Lipinski definition) is 3. The lowest BCUT2D eigenvalue weighted by molar-refractivity contribution is -0.137. The van der Waals surface area contributed by atoms with Crippen molar-refractivity contribution < 1.29 is 21.6 Å². The normalized spacial score (nSPS) is 12.2. The summed E-state index contributed by atoms with van der Waals surface area (Å²) < 4.78 is 60.6. The third kappa shape index (κ3) is 4.46. The van der Waals surface area contributed by atoms with Crippen LogP contribution in [0.3, 0.4) is 0 Å². The molecule has 0 radical (unpaired) electrons. The third-order valence-electron chi connectivity index (χ3n) is 3.23. The van der Waals surface area contributed by atoms with E-state index >= 15 is 0 Å². The first-order valence-corrected chi connectivity index (χ1v) is 8.15. The van der Waals surface area contributed by atoms with E-state index in [-0.39, 0.29) is 11.4 Å². The van der Waals surface area contributed by atoms with Crippen molar-refractivity contribution >= 4 is 15.7 Å². The van der Waals surface area contributed by atoms with Crippen LogP contribution in [0.4, 0.5) is 18.9 Å². The second kappa shape index (κ2) is 6.21. The molecule has 0 atom stereocenters. The van der Waals surface area contributed by atoms with E-state index in [0.29, 0.717) is 16.8 Å². The molecule has 0 aliphatic heterocycles. The van der Waals surface area contributed by atoms with Crippen molar-refractivity contribution in [2.45, 2.75) is 24.5 Å². The van der Waals surface area contributed by atoms with Crippen molar-refractivity contribution in [3.05, 3.63) is 59.2 Å². The summed E-state index contributed by atoms with van der Waals surface area (Å²) in [4.78, 5) is 0.0159. The van der Waals surface area contributed by atoms with Crippen LogP contribution < -0.4 is 10.5 Å². The molecular formula is C15H15F3N2O2S. The standard InChI is InChI=1S/C15H15F3N2O2S/c1-10-7-13(5-6-14(10)23(19,21)22)20-9-11-3-2-4-12(8-11)15(16,17)18/h2-8,20H,9H2,1H3,(H2,19,21,22). The van der Waals surface area contributed by atoms with Gasteiger partial charge in [-0.1, -0.05) is 12.1 Å². The number of nitrogens with one attached hydrogen (secondary N) is 1. The maximum Gasteiger partial charge on any atom is 0.416 e. The van der Waals surface area contributed by atoms with Gasteiger partial charge in [0.1, 0.15) is 0 Å². The number of nitrogens with two attached hydrogens (primary N) is 1. The molecule has 8 heteroatoms. The van der Waals surface area contributed by atoms with Gasteiger partial charge in [0.25, 0.3) is 0 Å². The Morgan fingerprint density at radius 2 is 1.83 bits per heavy atom. The SMILES string of the molecule is Cc1cc(NCc2cccc(C(F)(F)F)c2)ccc1S(N)(=O)=O. The molecule has 0 saturated heterocycles. The molecule has 0 spiro atoms. The molecule has 0 fully saturated rings. The minimum Gasteiger partial charge on any atom is -0.381 e. The van der Waals surface area contributed by atoms with Crippen LogP contribution in [0.5, 0.6) is 0 Å². The van der Waals surface area contributed by atoms with E-state index in [1.165, 1.54) is 18.2 Å². The summed E-state index contributed by atoms with van der Waals surface area (Å²) >= 11 is 0. The minimum absolute atomic E-state index is 0.0159. The van der Waals surface area contributed by atoms with Gasteiger partial charge in [-0.3, -0.25) is 0 Å². The molecule has 2 aromatic rings. The van der Waals surface area contributed by atoms with Crippen molar-refractivity contribution in [3.63, 3.8) is 0 Å². The Balaban J connectivity index is 2.14. The van der Waals surface area contributed by atoms with Crippen molar-refractivity contribution in [3.8, 4) is 0 Å². The van der Waals surface area contributed by atoms with E-state index in [1.807, 2.05) is 0 Å². The summed E-state index contributed by atoms with van der Waals surface area (Å²) in [6.45, 7) is 1.77. The molecule has 0 amide bonds. The average molecular weight is 344 g/mol. The molecule has 23 heavy (non-hydrogen) atoms. The minimum atomic E-state index is -4.39. The Morgan fingerprint density at radius 3 is 2.39 bits per heavy atom. The summed E-state index contributed by atoms with van der Waals surface area (Å²) in [6.07, 6.45) is -4.39. The lowest BCUT2D eigenvalue weighted by Gasteiger charge is -2.11. The number of sulfonamides is 1. The largest absolute Gasteiger partial charge is 0.416 e. The summed E-state index contributed by atoms with van der Waals surface area (Å²) in [5, 5.41) is 8.03. The molecule has 0 aliphatic carbocycles. The topological polar surface area (TPSA) is 72.2 Å². The van der Waals surface area contributed by atoms with Gasteiger partial charge in [0.05, 0.1) is 10.5 Å². The predicted molar refractivity (Wildman–Crippen MR) is 81.3 cm³/mol. The zero-order valence-electron chi connectivity index (χ0n) is 12.2. The molecule has 4 nitrogen and oxygen atoms in total. The number of aryl methyl sites for hydroxylation is 1. The molecule has 0 bridgehead atoms. The monoisotopic (exact) mass is 344 g/mol. The highest BCUT2D eigenvalue weighted by molar-refractivity contribution is 7.89. The summed E-state index contributed by atoms with van der Waals surface area (Å²) in [5.41, 5.74) is 0.805. The van der Waals surface area contributed by atoms with Gasteiger partial charge in [-0.25, -0.2) is 13.6 Å². The van der Waals surface area contributed by atoms with Gasteiger partial charge in [0.15, 0.2) is 0 Å². The summed E-state index contributed by atoms with van der Waals surface area (Å²) in [5.74, 6) is 0. The lowest BCUT2D eigenvalue weighted by atomic mass is 10.1. The summed E-state index contributed by atoms with van der Waals surface area (Å²) in [6, 6.07) is 9.45. The van der Waals surface area contributed by atoms with E-state index in [2.05, 4.69) is 5.32 Å². The maximum absolute atomic E-state index is 12.7.